The normalized spacial score (nSPS) is 12.3. The lowest BCUT2D eigenvalue weighted by atomic mass is 10.2. The molecule has 0 amide bonds. The van der Waals surface area contributed by atoms with Crippen LogP contribution < -0.4 is 10.5 Å². The van der Waals surface area contributed by atoms with Gasteiger partial charge >= 0.3 is 10.8 Å². The smallest absolute Gasteiger partial charge is 0.417 e. The van der Waals surface area contributed by atoms with E-state index in [-0.39, 0.29) is 11.1 Å². The van der Waals surface area contributed by atoms with E-state index in [1.54, 1.807) is 12.1 Å². The van der Waals surface area contributed by atoms with Gasteiger partial charge in [-0.2, -0.15) is 0 Å². The highest BCUT2D eigenvalue weighted by molar-refractivity contribution is 7.94. The van der Waals surface area contributed by atoms with Gasteiger partial charge in [0.1, 0.15) is 5.75 Å². The predicted molar refractivity (Wildman–Crippen MR) is 97.4 cm³/mol. The molecule has 0 aliphatic rings. The van der Waals surface area contributed by atoms with E-state index in [0.29, 0.717) is 16.8 Å². The zero-order valence-electron chi connectivity index (χ0n) is 14.0. The maximum absolute atomic E-state index is 12.6. The van der Waals surface area contributed by atoms with Crippen molar-refractivity contribution >= 4 is 27.0 Å². The topological polar surface area (TPSA) is 133 Å². The molecule has 0 bridgehead atoms. The Kier molecular flexibility index (Phi) is 4.82. The third-order valence-corrected chi connectivity index (χ3v) is 5.37. The van der Waals surface area contributed by atoms with Crippen molar-refractivity contribution in [1.82, 2.24) is 4.98 Å². The molecule has 0 aliphatic carbocycles. The third-order valence-electron chi connectivity index (χ3n) is 3.75. The van der Waals surface area contributed by atoms with Gasteiger partial charge in [0.15, 0.2) is 5.58 Å². The third kappa shape index (κ3) is 4.06. The maximum Gasteiger partial charge on any atom is 0.417 e. The fourth-order valence-corrected chi connectivity index (χ4v) is 3.80. The van der Waals surface area contributed by atoms with Gasteiger partial charge in [-0.1, -0.05) is 18.2 Å². The molecule has 0 fully saturated rings. The van der Waals surface area contributed by atoms with Gasteiger partial charge < -0.3 is 9.15 Å². The molecular formula is C17H14N2O7S. The summed E-state index contributed by atoms with van der Waals surface area (Å²) in [6.07, 6.45) is 0.948. The Morgan fingerprint density at radius 2 is 1.96 bits per heavy atom. The monoisotopic (exact) mass is 390 g/mol. The first kappa shape index (κ1) is 18.4. The van der Waals surface area contributed by atoms with Crippen molar-refractivity contribution in [2.75, 3.05) is 7.11 Å². The molecule has 3 aromatic rings. The molecule has 27 heavy (non-hydrogen) atoms. The minimum absolute atomic E-state index is 0.240. The van der Waals surface area contributed by atoms with Crippen molar-refractivity contribution in [3.63, 3.8) is 0 Å². The Hall–Kier alpha value is -3.40. The molecule has 10 heteroatoms. The number of sulfone groups is 1. The van der Waals surface area contributed by atoms with Crippen molar-refractivity contribution in [3.05, 3.63) is 79.3 Å². The number of oxazole rings is 1. The molecule has 140 valence electrons. The predicted octanol–water partition coefficient (Wildman–Crippen LogP) is 2.32. The average Bonchev–Trinajstić information content (AvgIpc) is 2.98. The number of aromatic nitrogens is 1. The van der Waals surface area contributed by atoms with Crippen LogP contribution in [0.2, 0.25) is 0 Å². The molecule has 3 rings (SSSR count). The molecule has 0 aliphatic heterocycles. The van der Waals surface area contributed by atoms with E-state index in [0.717, 1.165) is 6.08 Å². The standard InChI is InChI=1S/C17H14N2O7S/c1-25-13-5-2-11(3-6-13)10-27(23,24)16(19(21)22)9-12-4-7-15-14(8-12)18-17(20)26-15/h2-9H,10H2,1H3,(H,18,20). The molecule has 0 saturated carbocycles. The van der Waals surface area contributed by atoms with Gasteiger partial charge in [-0.3, -0.25) is 15.1 Å². The van der Waals surface area contributed by atoms with Crippen LogP contribution in [0.5, 0.6) is 5.75 Å². The lowest BCUT2D eigenvalue weighted by Gasteiger charge is -2.04. The Labute approximate surface area is 153 Å². The first-order valence-corrected chi connectivity index (χ1v) is 9.28. The summed E-state index contributed by atoms with van der Waals surface area (Å²) >= 11 is 0. The fraction of sp³-hybridized carbons (Fsp3) is 0.118. The fourth-order valence-electron chi connectivity index (χ4n) is 2.47. The lowest BCUT2D eigenvalue weighted by Crippen LogP contribution is -2.14. The van der Waals surface area contributed by atoms with Crippen LogP contribution >= 0.6 is 0 Å². The summed E-state index contributed by atoms with van der Waals surface area (Å²) in [5.41, 5.74) is 1.20. The Morgan fingerprint density at radius 1 is 1.26 bits per heavy atom. The van der Waals surface area contributed by atoms with Crippen LogP contribution in [0.25, 0.3) is 17.2 Å². The number of nitrogens with one attached hydrogen (secondary N) is 1. The first-order chi connectivity index (χ1) is 12.8. The lowest BCUT2D eigenvalue weighted by molar-refractivity contribution is -0.410. The summed E-state index contributed by atoms with van der Waals surface area (Å²) in [5.74, 6) is -0.662. The minimum atomic E-state index is -4.21. The van der Waals surface area contributed by atoms with Gasteiger partial charge in [0.2, 0.25) is 9.84 Å². The van der Waals surface area contributed by atoms with Gasteiger partial charge in [-0.15, -0.1) is 0 Å². The van der Waals surface area contributed by atoms with Crippen LogP contribution in [0.4, 0.5) is 0 Å². The quantitative estimate of drug-likeness (QED) is 0.504. The van der Waals surface area contributed by atoms with Crippen LogP contribution in [-0.4, -0.2) is 25.4 Å². The molecule has 1 heterocycles. The summed E-state index contributed by atoms with van der Waals surface area (Å²) in [7, 11) is -2.74. The largest absolute Gasteiger partial charge is 0.497 e. The van der Waals surface area contributed by atoms with Crippen LogP contribution in [-0.2, 0) is 15.6 Å². The molecule has 0 unspecified atom stereocenters. The van der Waals surface area contributed by atoms with Crippen molar-refractivity contribution in [2.24, 2.45) is 0 Å². The molecule has 9 nitrogen and oxygen atoms in total. The summed E-state index contributed by atoms with van der Waals surface area (Å²) in [4.78, 5) is 24.0. The van der Waals surface area contributed by atoms with Gasteiger partial charge in [0, 0.05) is 6.08 Å². The molecule has 0 radical (unpaired) electrons. The van der Waals surface area contributed by atoms with Gasteiger partial charge in [0.25, 0.3) is 0 Å². The SMILES string of the molecule is COc1ccc(CS(=O)(=O)C(=Cc2ccc3oc(=O)[nH]c3c2)[N+](=O)[O-])cc1. The second-order valence-electron chi connectivity index (χ2n) is 5.62. The number of nitro groups is 1. The van der Waals surface area contributed by atoms with Crippen molar-refractivity contribution in [3.8, 4) is 5.75 Å². The molecule has 1 N–H and O–H groups in total. The second kappa shape index (κ2) is 7.08. The van der Waals surface area contributed by atoms with E-state index in [4.69, 9.17) is 9.15 Å². The maximum atomic E-state index is 12.6. The van der Waals surface area contributed by atoms with E-state index >= 15 is 0 Å². The van der Waals surface area contributed by atoms with Crippen molar-refractivity contribution < 1.29 is 22.5 Å². The summed E-state index contributed by atoms with van der Waals surface area (Å²) in [6, 6.07) is 10.4. The van der Waals surface area contributed by atoms with Gasteiger partial charge in [-0.05, 0) is 35.4 Å². The number of nitrogens with zero attached hydrogens (tertiary/aromatic N) is 1. The first-order valence-electron chi connectivity index (χ1n) is 7.63. The van der Waals surface area contributed by atoms with Crippen molar-refractivity contribution in [1.29, 1.82) is 0 Å². The molecular weight excluding hydrogens is 376 g/mol. The van der Waals surface area contributed by atoms with Crippen LogP contribution in [0.1, 0.15) is 11.1 Å². The number of fused-ring (bicyclic) bond motifs is 1. The molecule has 2 aromatic carbocycles. The number of hydrogen-bond acceptors (Lipinski definition) is 7. The number of H-pyrrole nitrogens is 1. The van der Waals surface area contributed by atoms with Crippen molar-refractivity contribution in [2.45, 2.75) is 5.75 Å². The average molecular weight is 390 g/mol. The van der Waals surface area contributed by atoms with E-state index in [9.17, 15) is 23.3 Å². The molecule has 0 atom stereocenters. The molecule has 1 aromatic heterocycles. The van der Waals surface area contributed by atoms with Gasteiger partial charge in [0.05, 0.1) is 23.3 Å². The highest BCUT2D eigenvalue weighted by Crippen LogP contribution is 2.21. The summed E-state index contributed by atoms with van der Waals surface area (Å²) < 4.78 is 34.9. The van der Waals surface area contributed by atoms with E-state index in [1.807, 2.05) is 0 Å². The number of ether oxygens (including phenoxy) is 1. The Morgan fingerprint density at radius 3 is 2.59 bits per heavy atom. The van der Waals surface area contributed by atoms with Crippen LogP contribution in [0.15, 0.2) is 56.7 Å². The Balaban J connectivity index is 1.97. The Bertz CT molecular complexity index is 1190. The number of hydrogen-bond donors (Lipinski definition) is 1. The number of methoxy groups -OCH3 is 1. The van der Waals surface area contributed by atoms with Crippen LogP contribution in [0.3, 0.4) is 0 Å². The summed E-state index contributed by atoms with van der Waals surface area (Å²) in [6.45, 7) is 0. The number of benzene rings is 2. The minimum Gasteiger partial charge on any atom is -0.497 e. The zero-order chi connectivity index (χ0) is 19.6. The number of rotatable bonds is 6. The highest BCUT2D eigenvalue weighted by atomic mass is 32.2. The second-order valence-corrected chi connectivity index (χ2v) is 7.55. The number of aromatic amines is 1. The van der Waals surface area contributed by atoms with E-state index in [2.05, 4.69) is 4.98 Å². The highest BCUT2D eigenvalue weighted by Gasteiger charge is 2.29. The molecule has 0 spiro atoms. The zero-order valence-corrected chi connectivity index (χ0v) is 14.9. The molecule has 0 saturated heterocycles. The van der Waals surface area contributed by atoms with Crippen LogP contribution in [0, 0.1) is 10.1 Å². The van der Waals surface area contributed by atoms with E-state index < -0.39 is 31.3 Å². The van der Waals surface area contributed by atoms with E-state index in [1.165, 1.54) is 37.4 Å². The summed E-state index contributed by atoms with van der Waals surface area (Å²) in [5, 5.41) is 10.4. The van der Waals surface area contributed by atoms with Gasteiger partial charge in [-0.25, -0.2) is 13.2 Å².